The number of nitrogens with one attached hydrogen (secondary N) is 3. The molecule has 0 fully saturated rings. The van der Waals surface area contributed by atoms with Gasteiger partial charge < -0.3 is 10.4 Å². The van der Waals surface area contributed by atoms with Gasteiger partial charge in [0, 0.05) is 12.6 Å². The first-order valence-electron chi connectivity index (χ1n) is 5.19. The molecule has 3 amide bonds. The van der Waals surface area contributed by atoms with E-state index in [1.807, 2.05) is 0 Å². The lowest BCUT2D eigenvalue weighted by Gasteiger charge is -2.32. The molecule has 0 aromatic heterocycles. The normalized spacial score (nSPS) is 15.1. The fourth-order valence-corrected chi connectivity index (χ4v) is 1.03. The van der Waals surface area contributed by atoms with Gasteiger partial charge in [-0.1, -0.05) is 0 Å². The third-order valence-corrected chi connectivity index (χ3v) is 2.49. The van der Waals surface area contributed by atoms with Crippen molar-refractivity contribution in [2.45, 2.75) is 45.4 Å². The number of aliphatic hydroxyl groups is 1. The van der Waals surface area contributed by atoms with Gasteiger partial charge in [0.15, 0.2) is 0 Å². The Balaban J connectivity index is 4.31. The van der Waals surface area contributed by atoms with Crippen molar-refractivity contribution in [3.63, 3.8) is 0 Å². The van der Waals surface area contributed by atoms with Crippen molar-refractivity contribution in [3.8, 4) is 0 Å². The van der Waals surface area contributed by atoms with Crippen LogP contribution in [-0.4, -0.2) is 41.8 Å². The molecule has 0 aliphatic heterocycles. The van der Waals surface area contributed by atoms with Crippen molar-refractivity contribution >= 4 is 11.9 Å². The molecule has 0 heterocycles. The fourth-order valence-electron chi connectivity index (χ4n) is 1.03. The Morgan fingerprint density at radius 1 is 1.25 bits per heavy atom. The summed E-state index contributed by atoms with van der Waals surface area (Å²) in [6, 6.07) is -1.12. The lowest BCUT2D eigenvalue weighted by atomic mass is 9.97. The molecule has 0 aromatic carbocycles. The number of rotatable bonds is 4. The van der Waals surface area contributed by atoms with E-state index < -0.39 is 29.6 Å². The summed E-state index contributed by atoms with van der Waals surface area (Å²) in [5.74, 6) is -0.437. The molecule has 0 saturated carbocycles. The molecule has 2 unspecified atom stereocenters. The molecule has 6 heteroatoms. The lowest BCUT2D eigenvalue weighted by Crippen LogP contribution is -2.57. The van der Waals surface area contributed by atoms with E-state index in [0.29, 0.717) is 0 Å². The highest BCUT2D eigenvalue weighted by atomic mass is 16.3. The smallest absolute Gasteiger partial charge is 0.321 e. The fraction of sp³-hybridized carbons (Fsp3) is 0.800. The van der Waals surface area contributed by atoms with Gasteiger partial charge in [0.25, 0.3) is 0 Å². The summed E-state index contributed by atoms with van der Waals surface area (Å²) in [5, 5.41) is 16.9. The molecule has 0 saturated heterocycles. The minimum Gasteiger partial charge on any atom is -0.392 e. The summed E-state index contributed by atoms with van der Waals surface area (Å²) in [6.45, 7) is 6.82. The van der Waals surface area contributed by atoms with Gasteiger partial charge in [0.05, 0.1) is 12.1 Å². The molecule has 0 radical (unpaired) electrons. The largest absolute Gasteiger partial charge is 0.392 e. The van der Waals surface area contributed by atoms with Crippen LogP contribution in [0, 0.1) is 0 Å². The van der Waals surface area contributed by atoms with Crippen LogP contribution in [0.3, 0.4) is 0 Å². The first kappa shape index (κ1) is 14.9. The molecule has 0 aliphatic rings. The van der Waals surface area contributed by atoms with Crippen LogP contribution >= 0.6 is 0 Å². The van der Waals surface area contributed by atoms with E-state index in [4.69, 9.17) is 0 Å². The minimum absolute atomic E-state index is 0.437. The molecule has 6 nitrogen and oxygen atoms in total. The Labute approximate surface area is 95.8 Å². The number of carbonyl (C=O) groups is 2. The van der Waals surface area contributed by atoms with E-state index in [-0.39, 0.29) is 0 Å². The topological polar surface area (TPSA) is 90.5 Å². The SMILES string of the molecule is CNC(=O)NC(=O)C(C)NC(C)(C)C(C)O. The summed E-state index contributed by atoms with van der Waals surface area (Å²) < 4.78 is 0. The first-order valence-corrected chi connectivity index (χ1v) is 5.19. The molecule has 16 heavy (non-hydrogen) atoms. The van der Waals surface area contributed by atoms with Gasteiger partial charge in [-0.2, -0.15) is 0 Å². The summed E-state index contributed by atoms with van der Waals surface area (Å²) in [4.78, 5) is 22.4. The maximum atomic E-state index is 11.5. The minimum atomic E-state index is -0.609. The molecular formula is C10H21N3O3. The summed E-state index contributed by atoms with van der Waals surface area (Å²) >= 11 is 0. The van der Waals surface area contributed by atoms with Crippen LogP contribution in [0.5, 0.6) is 0 Å². The molecular weight excluding hydrogens is 210 g/mol. The zero-order valence-electron chi connectivity index (χ0n) is 10.4. The monoisotopic (exact) mass is 231 g/mol. The second-order valence-corrected chi connectivity index (χ2v) is 4.33. The Bertz CT molecular complexity index is 264. The van der Waals surface area contributed by atoms with Crippen LogP contribution in [0.4, 0.5) is 4.79 Å². The highest BCUT2D eigenvalue weighted by molar-refractivity contribution is 5.96. The lowest BCUT2D eigenvalue weighted by molar-refractivity contribution is -0.122. The third-order valence-electron chi connectivity index (χ3n) is 2.49. The van der Waals surface area contributed by atoms with Gasteiger partial charge >= 0.3 is 6.03 Å². The molecule has 94 valence electrons. The average Bonchev–Trinajstić information content (AvgIpc) is 2.16. The van der Waals surface area contributed by atoms with E-state index >= 15 is 0 Å². The first-order chi connectivity index (χ1) is 7.20. The second kappa shape index (κ2) is 5.81. The van der Waals surface area contributed by atoms with Gasteiger partial charge in [0.2, 0.25) is 5.91 Å². The van der Waals surface area contributed by atoms with Crippen LogP contribution in [0.1, 0.15) is 27.7 Å². The highest BCUT2D eigenvalue weighted by Gasteiger charge is 2.28. The van der Waals surface area contributed by atoms with Gasteiger partial charge in [0.1, 0.15) is 0 Å². The van der Waals surface area contributed by atoms with Crippen molar-refractivity contribution < 1.29 is 14.7 Å². The molecule has 0 bridgehead atoms. The predicted octanol–water partition coefficient (Wildman–Crippen LogP) is -0.420. The number of carbonyl (C=O) groups excluding carboxylic acids is 2. The van der Waals surface area contributed by atoms with Gasteiger partial charge in [-0.15, -0.1) is 0 Å². The van der Waals surface area contributed by atoms with E-state index in [0.717, 1.165) is 0 Å². The van der Waals surface area contributed by atoms with E-state index in [1.165, 1.54) is 7.05 Å². The van der Waals surface area contributed by atoms with Crippen LogP contribution < -0.4 is 16.0 Å². The number of aliphatic hydroxyl groups excluding tert-OH is 1. The summed E-state index contributed by atoms with van der Waals surface area (Å²) in [5.41, 5.74) is -0.598. The number of imide groups is 1. The van der Waals surface area contributed by atoms with Crippen LogP contribution in [0.2, 0.25) is 0 Å². The number of urea groups is 1. The highest BCUT2D eigenvalue weighted by Crippen LogP contribution is 2.09. The maximum absolute atomic E-state index is 11.5. The molecule has 0 rings (SSSR count). The van der Waals surface area contributed by atoms with Crippen molar-refractivity contribution in [1.82, 2.24) is 16.0 Å². The van der Waals surface area contributed by atoms with Crippen molar-refractivity contribution in [2.24, 2.45) is 0 Å². The molecule has 0 aromatic rings. The average molecular weight is 231 g/mol. The van der Waals surface area contributed by atoms with Crippen molar-refractivity contribution in [2.75, 3.05) is 7.05 Å². The number of hydrogen-bond donors (Lipinski definition) is 4. The molecule has 4 N–H and O–H groups in total. The van der Waals surface area contributed by atoms with Gasteiger partial charge in [-0.25, -0.2) is 4.79 Å². The number of hydrogen-bond acceptors (Lipinski definition) is 4. The quantitative estimate of drug-likeness (QED) is 0.529. The second-order valence-electron chi connectivity index (χ2n) is 4.33. The summed E-state index contributed by atoms with van der Waals surface area (Å²) in [6.07, 6.45) is -0.609. The van der Waals surface area contributed by atoms with E-state index in [2.05, 4.69) is 16.0 Å². The Kier molecular flexibility index (Phi) is 5.40. The molecule has 0 spiro atoms. The van der Waals surface area contributed by atoms with Crippen LogP contribution in [0.25, 0.3) is 0 Å². The zero-order valence-corrected chi connectivity index (χ0v) is 10.4. The molecule has 0 aliphatic carbocycles. The number of amides is 3. The van der Waals surface area contributed by atoms with E-state index in [9.17, 15) is 14.7 Å². The van der Waals surface area contributed by atoms with E-state index in [1.54, 1.807) is 27.7 Å². The van der Waals surface area contributed by atoms with Crippen molar-refractivity contribution in [1.29, 1.82) is 0 Å². The molecule has 2 atom stereocenters. The third kappa shape index (κ3) is 4.59. The summed E-state index contributed by atoms with van der Waals surface area (Å²) in [7, 11) is 1.43. The van der Waals surface area contributed by atoms with Crippen molar-refractivity contribution in [3.05, 3.63) is 0 Å². The van der Waals surface area contributed by atoms with Crippen LogP contribution in [-0.2, 0) is 4.79 Å². The maximum Gasteiger partial charge on any atom is 0.321 e. The van der Waals surface area contributed by atoms with Gasteiger partial charge in [-0.05, 0) is 27.7 Å². The van der Waals surface area contributed by atoms with Gasteiger partial charge in [-0.3, -0.25) is 15.4 Å². The standard InChI is InChI=1S/C10H21N3O3/c1-6(8(15)12-9(16)11-5)13-10(3,4)7(2)14/h6-7,13-14H,1-5H3,(H2,11,12,15,16). The Hall–Kier alpha value is -1.14. The van der Waals surface area contributed by atoms with Crippen LogP contribution in [0.15, 0.2) is 0 Å². The predicted molar refractivity (Wildman–Crippen MR) is 61.0 cm³/mol. The zero-order chi connectivity index (χ0) is 12.9. The Morgan fingerprint density at radius 3 is 2.12 bits per heavy atom. The Morgan fingerprint density at radius 2 is 1.75 bits per heavy atom.